The monoisotopic (exact) mass is 473 g/mol. The van der Waals surface area contributed by atoms with E-state index in [1.54, 1.807) is 18.2 Å². The summed E-state index contributed by atoms with van der Waals surface area (Å²) >= 11 is 1.13. The van der Waals surface area contributed by atoms with Gasteiger partial charge in [0.25, 0.3) is 0 Å². The maximum Gasteiger partial charge on any atom is 0.433 e. The highest BCUT2D eigenvalue weighted by Gasteiger charge is 2.47. The Balaban J connectivity index is 1.39. The van der Waals surface area contributed by atoms with Gasteiger partial charge in [-0.2, -0.15) is 13.2 Å². The van der Waals surface area contributed by atoms with Gasteiger partial charge in [0.1, 0.15) is 11.4 Å². The molecule has 10 heteroatoms. The average Bonchev–Trinajstić information content (AvgIpc) is 3.48. The van der Waals surface area contributed by atoms with E-state index in [9.17, 15) is 22.8 Å². The highest BCUT2D eigenvalue weighted by atomic mass is 32.1. The van der Waals surface area contributed by atoms with Crippen molar-refractivity contribution >= 4 is 39.0 Å². The lowest BCUT2D eigenvalue weighted by Crippen LogP contribution is -2.39. The van der Waals surface area contributed by atoms with Crippen molar-refractivity contribution in [3.05, 3.63) is 54.2 Å². The molecule has 2 heterocycles. The molecule has 2 unspecified atom stereocenters. The van der Waals surface area contributed by atoms with Crippen molar-refractivity contribution in [2.45, 2.75) is 19.5 Å². The number of nitrogens with zero attached hydrogens (tertiary/aromatic N) is 3. The van der Waals surface area contributed by atoms with Crippen LogP contribution in [0.1, 0.15) is 19.0 Å². The Morgan fingerprint density at radius 3 is 2.67 bits per heavy atom. The number of carbonyl (C=O) groups excluding carboxylic acids is 2. The van der Waals surface area contributed by atoms with Crippen LogP contribution in [0.25, 0.3) is 10.2 Å². The second-order valence-electron chi connectivity index (χ2n) is 8.23. The van der Waals surface area contributed by atoms with E-state index < -0.39 is 11.9 Å². The minimum Gasteiger partial charge on any atom is -0.439 e. The molecule has 5 rings (SSSR count). The number of hydrogen-bond donors (Lipinski definition) is 0. The number of amides is 2. The van der Waals surface area contributed by atoms with Gasteiger partial charge in [-0.3, -0.25) is 9.59 Å². The molecule has 0 radical (unpaired) electrons. The van der Waals surface area contributed by atoms with Crippen molar-refractivity contribution in [3.8, 4) is 11.6 Å². The molecule has 0 N–H and O–H groups in total. The average molecular weight is 473 g/mol. The first kappa shape index (κ1) is 21.6. The van der Waals surface area contributed by atoms with Crippen LogP contribution in [-0.4, -0.2) is 22.3 Å². The fraction of sp³-hybridized carbons (Fsp3) is 0.304. The first-order valence-electron chi connectivity index (χ1n) is 10.3. The number of hydrogen-bond acceptors (Lipinski definition) is 6. The Labute approximate surface area is 190 Å². The summed E-state index contributed by atoms with van der Waals surface area (Å²) in [6.45, 7) is 2.03. The topological polar surface area (TPSA) is 72.4 Å². The van der Waals surface area contributed by atoms with Gasteiger partial charge >= 0.3 is 6.18 Å². The molecule has 0 spiro atoms. The number of fused-ring (bicyclic) bond motifs is 3. The number of anilines is 1. The Kier molecular flexibility index (Phi) is 5.19. The standard InChI is InChI=1S/C23H18F3N3O3S/c1-12-13-5-6-14(9-13)20(12)21(31)29(11-30)22-27-16-8-7-15(10-17(16)33-22)32-19-4-2-3-18(28-19)23(24,25)26/h2-8,10-14,20H,9H2,1H3/t12-,13?,14?,20-/m1/s1. The molecule has 170 valence electrons. The molecule has 2 aromatic heterocycles. The van der Waals surface area contributed by atoms with Crippen molar-refractivity contribution in [1.82, 2.24) is 9.97 Å². The van der Waals surface area contributed by atoms with Crippen LogP contribution in [0.5, 0.6) is 11.6 Å². The number of imide groups is 1. The molecule has 2 amide bonds. The fourth-order valence-corrected chi connectivity index (χ4v) is 5.60. The number of alkyl halides is 3. The number of ether oxygens (including phenoxy) is 1. The summed E-state index contributed by atoms with van der Waals surface area (Å²) < 4.78 is 44.8. The highest BCUT2D eigenvalue weighted by Crippen LogP contribution is 2.48. The Hall–Kier alpha value is -3.27. The Morgan fingerprint density at radius 1 is 1.18 bits per heavy atom. The number of benzene rings is 1. The van der Waals surface area contributed by atoms with Crippen LogP contribution >= 0.6 is 11.3 Å². The number of halogens is 3. The molecule has 33 heavy (non-hydrogen) atoms. The third kappa shape index (κ3) is 3.88. The van der Waals surface area contributed by atoms with Crippen molar-refractivity contribution in [1.29, 1.82) is 0 Å². The van der Waals surface area contributed by atoms with E-state index in [4.69, 9.17) is 4.74 Å². The largest absolute Gasteiger partial charge is 0.439 e. The summed E-state index contributed by atoms with van der Waals surface area (Å²) in [6.07, 6.45) is 1.04. The van der Waals surface area contributed by atoms with Crippen molar-refractivity contribution in [3.63, 3.8) is 0 Å². The summed E-state index contributed by atoms with van der Waals surface area (Å²) in [6, 6.07) is 8.17. The van der Waals surface area contributed by atoms with E-state index >= 15 is 0 Å². The lowest BCUT2D eigenvalue weighted by atomic mass is 9.83. The molecule has 1 fully saturated rings. The lowest BCUT2D eigenvalue weighted by molar-refractivity contribution is -0.141. The van der Waals surface area contributed by atoms with E-state index in [1.807, 2.05) is 6.92 Å². The fourth-order valence-electron chi connectivity index (χ4n) is 4.64. The smallest absolute Gasteiger partial charge is 0.433 e. The van der Waals surface area contributed by atoms with Crippen LogP contribution < -0.4 is 9.64 Å². The Morgan fingerprint density at radius 2 is 1.97 bits per heavy atom. The molecule has 4 atom stereocenters. The molecular weight excluding hydrogens is 455 g/mol. The van der Waals surface area contributed by atoms with Gasteiger partial charge in [0.2, 0.25) is 18.2 Å². The minimum atomic E-state index is -4.58. The first-order chi connectivity index (χ1) is 15.7. The summed E-state index contributed by atoms with van der Waals surface area (Å²) in [7, 11) is 0. The molecule has 2 aliphatic rings. The predicted molar refractivity (Wildman–Crippen MR) is 116 cm³/mol. The summed E-state index contributed by atoms with van der Waals surface area (Å²) in [5, 5.41) is 0.248. The van der Waals surface area contributed by atoms with Crippen molar-refractivity contribution in [2.24, 2.45) is 23.7 Å². The molecule has 3 aromatic rings. The van der Waals surface area contributed by atoms with Crippen LogP contribution in [0.15, 0.2) is 48.6 Å². The molecule has 2 bridgehead atoms. The number of aromatic nitrogens is 2. The van der Waals surface area contributed by atoms with Gasteiger partial charge in [-0.1, -0.05) is 36.5 Å². The molecule has 6 nitrogen and oxygen atoms in total. The van der Waals surface area contributed by atoms with E-state index in [0.717, 1.165) is 28.7 Å². The van der Waals surface area contributed by atoms with E-state index in [2.05, 4.69) is 22.1 Å². The van der Waals surface area contributed by atoms with Gasteiger partial charge in [0, 0.05) is 18.1 Å². The quantitative estimate of drug-likeness (QED) is 0.364. The molecule has 1 aromatic carbocycles. The number of thiazole rings is 1. The van der Waals surface area contributed by atoms with E-state index in [-0.39, 0.29) is 40.4 Å². The third-order valence-corrected chi connectivity index (χ3v) is 7.29. The van der Waals surface area contributed by atoms with Gasteiger partial charge in [-0.15, -0.1) is 0 Å². The zero-order valence-corrected chi connectivity index (χ0v) is 18.1. The number of pyridine rings is 1. The van der Waals surface area contributed by atoms with E-state index in [0.29, 0.717) is 22.5 Å². The van der Waals surface area contributed by atoms with Crippen LogP contribution in [0.2, 0.25) is 0 Å². The van der Waals surface area contributed by atoms with Gasteiger partial charge in [0.05, 0.1) is 10.2 Å². The summed E-state index contributed by atoms with van der Waals surface area (Å²) in [5.41, 5.74) is -0.508. The van der Waals surface area contributed by atoms with Crippen molar-refractivity contribution < 1.29 is 27.5 Å². The highest BCUT2D eigenvalue weighted by molar-refractivity contribution is 7.22. The molecule has 1 saturated carbocycles. The molecule has 2 aliphatic carbocycles. The van der Waals surface area contributed by atoms with Gasteiger partial charge in [-0.25, -0.2) is 14.9 Å². The number of carbonyl (C=O) groups is 2. The normalized spacial score (nSPS) is 23.8. The SMILES string of the molecule is C[C@@H]1C2C=CC(C2)[C@@H]1C(=O)N(C=O)c1nc2ccc(Oc3cccc(C(F)(F)F)n3)cc2s1. The number of allylic oxidation sites excluding steroid dienone is 2. The summed E-state index contributed by atoms with van der Waals surface area (Å²) in [4.78, 5) is 34.0. The second kappa shape index (κ2) is 7.95. The van der Waals surface area contributed by atoms with Gasteiger partial charge in [0.15, 0.2) is 5.13 Å². The van der Waals surface area contributed by atoms with E-state index in [1.165, 1.54) is 12.1 Å². The molecule has 0 aliphatic heterocycles. The zero-order valence-electron chi connectivity index (χ0n) is 17.3. The molecular formula is C23H18F3N3O3S. The third-order valence-electron chi connectivity index (χ3n) is 6.27. The first-order valence-corrected chi connectivity index (χ1v) is 11.2. The summed E-state index contributed by atoms with van der Waals surface area (Å²) in [5.74, 6) is 0.189. The van der Waals surface area contributed by atoms with Crippen LogP contribution in [-0.2, 0) is 15.8 Å². The maximum atomic E-state index is 13.2. The molecule has 0 saturated heterocycles. The Bertz CT molecular complexity index is 1270. The van der Waals surface area contributed by atoms with Crippen molar-refractivity contribution in [2.75, 3.05) is 4.90 Å². The zero-order chi connectivity index (χ0) is 23.3. The van der Waals surface area contributed by atoms with Gasteiger partial charge < -0.3 is 4.74 Å². The second-order valence-corrected chi connectivity index (χ2v) is 9.24. The van der Waals surface area contributed by atoms with Crippen LogP contribution in [0.4, 0.5) is 18.3 Å². The maximum absolute atomic E-state index is 13.2. The predicted octanol–water partition coefficient (Wildman–Crippen LogP) is 5.45. The van der Waals surface area contributed by atoms with Gasteiger partial charge in [-0.05, 0) is 42.4 Å². The number of rotatable bonds is 5. The lowest BCUT2D eigenvalue weighted by Gasteiger charge is -2.26. The minimum absolute atomic E-state index is 0.134. The van der Waals surface area contributed by atoms with Crippen LogP contribution in [0, 0.1) is 23.7 Å². The van der Waals surface area contributed by atoms with Crippen LogP contribution in [0.3, 0.4) is 0 Å².